The van der Waals surface area contributed by atoms with Crippen molar-refractivity contribution in [3.8, 4) is 5.75 Å². The molecule has 1 aromatic carbocycles. The van der Waals surface area contributed by atoms with Gasteiger partial charge in [-0.15, -0.1) is 0 Å². The third-order valence-corrected chi connectivity index (χ3v) is 3.12. The van der Waals surface area contributed by atoms with E-state index in [-0.39, 0.29) is 0 Å². The number of para-hydroxylation sites is 1. The predicted octanol–water partition coefficient (Wildman–Crippen LogP) is 3.68. The van der Waals surface area contributed by atoms with Crippen molar-refractivity contribution in [1.82, 2.24) is 4.98 Å². The van der Waals surface area contributed by atoms with Crippen LogP contribution in [0, 0.1) is 13.8 Å². The van der Waals surface area contributed by atoms with E-state index in [4.69, 9.17) is 4.74 Å². The predicted molar refractivity (Wildman–Crippen MR) is 76.5 cm³/mol. The van der Waals surface area contributed by atoms with E-state index in [0.29, 0.717) is 6.61 Å². The molecule has 3 nitrogen and oxygen atoms in total. The van der Waals surface area contributed by atoms with E-state index < -0.39 is 0 Å². The number of pyridine rings is 1. The molecule has 0 radical (unpaired) electrons. The summed E-state index contributed by atoms with van der Waals surface area (Å²) in [5.41, 5.74) is 4.36. The first-order valence-electron chi connectivity index (χ1n) is 6.45. The van der Waals surface area contributed by atoms with Crippen LogP contribution in [0.15, 0.2) is 18.2 Å². The topological polar surface area (TPSA) is 34.2 Å². The summed E-state index contributed by atoms with van der Waals surface area (Å²) >= 11 is 0. The fourth-order valence-corrected chi connectivity index (χ4v) is 2.15. The van der Waals surface area contributed by atoms with Crippen molar-refractivity contribution >= 4 is 16.6 Å². The van der Waals surface area contributed by atoms with Gasteiger partial charge in [0.25, 0.3) is 0 Å². The van der Waals surface area contributed by atoms with Crippen LogP contribution in [0.4, 0.5) is 5.69 Å². The fourth-order valence-electron chi connectivity index (χ4n) is 2.15. The molecule has 1 heterocycles. The Morgan fingerprint density at radius 3 is 2.67 bits per heavy atom. The molecule has 0 bridgehead atoms. The second-order valence-electron chi connectivity index (χ2n) is 4.31. The van der Waals surface area contributed by atoms with Gasteiger partial charge in [0.1, 0.15) is 11.3 Å². The third-order valence-electron chi connectivity index (χ3n) is 3.12. The van der Waals surface area contributed by atoms with Crippen LogP contribution in [0.25, 0.3) is 10.9 Å². The second-order valence-corrected chi connectivity index (χ2v) is 4.31. The first-order chi connectivity index (χ1) is 8.69. The van der Waals surface area contributed by atoms with Crippen LogP contribution in [0.5, 0.6) is 5.75 Å². The Kier molecular flexibility index (Phi) is 3.70. The lowest BCUT2D eigenvalue weighted by atomic mass is 10.1. The van der Waals surface area contributed by atoms with Crippen LogP contribution >= 0.6 is 0 Å². The molecule has 0 saturated heterocycles. The summed E-state index contributed by atoms with van der Waals surface area (Å²) in [7, 11) is 0. The molecule has 2 aromatic rings. The SMILES string of the molecule is CCNc1c(C)c(C)nc2c(OCC)cccc12. The van der Waals surface area contributed by atoms with Crippen LogP contribution in [-0.2, 0) is 0 Å². The van der Waals surface area contributed by atoms with Crippen LogP contribution < -0.4 is 10.1 Å². The minimum absolute atomic E-state index is 0.657. The van der Waals surface area contributed by atoms with E-state index in [0.717, 1.165) is 28.9 Å². The number of aryl methyl sites for hydroxylation is 1. The summed E-state index contributed by atoms with van der Waals surface area (Å²) < 4.78 is 5.66. The first kappa shape index (κ1) is 12.7. The molecule has 18 heavy (non-hydrogen) atoms. The zero-order chi connectivity index (χ0) is 13.1. The van der Waals surface area contributed by atoms with Crippen molar-refractivity contribution in [3.63, 3.8) is 0 Å². The molecular formula is C15H20N2O. The van der Waals surface area contributed by atoms with Gasteiger partial charge < -0.3 is 10.1 Å². The standard InChI is InChI=1S/C15H20N2O/c1-5-16-14-10(3)11(4)17-15-12(14)8-7-9-13(15)18-6-2/h7-9H,5-6H2,1-4H3,(H,16,17). The third kappa shape index (κ3) is 2.13. The molecule has 0 amide bonds. The lowest BCUT2D eigenvalue weighted by molar-refractivity contribution is 0.343. The smallest absolute Gasteiger partial charge is 0.145 e. The van der Waals surface area contributed by atoms with Crippen molar-refractivity contribution in [3.05, 3.63) is 29.5 Å². The summed E-state index contributed by atoms with van der Waals surface area (Å²) in [5.74, 6) is 0.859. The molecule has 0 atom stereocenters. The molecule has 0 fully saturated rings. The largest absolute Gasteiger partial charge is 0.492 e. The lowest BCUT2D eigenvalue weighted by Gasteiger charge is -2.15. The highest BCUT2D eigenvalue weighted by molar-refractivity contribution is 5.96. The Hall–Kier alpha value is -1.77. The Balaban J connectivity index is 2.73. The normalized spacial score (nSPS) is 10.7. The van der Waals surface area contributed by atoms with Gasteiger partial charge in [0.15, 0.2) is 0 Å². The maximum Gasteiger partial charge on any atom is 0.145 e. The van der Waals surface area contributed by atoms with Gasteiger partial charge in [-0.1, -0.05) is 12.1 Å². The average Bonchev–Trinajstić information content (AvgIpc) is 2.36. The second kappa shape index (κ2) is 5.25. The van der Waals surface area contributed by atoms with Gasteiger partial charge in [0.05, 0.1) is 6.61 Å². The van der Waals surface area contributed by atoms with Crippen molar-refractivity contribution in [2.75, 3.05) is 18.5 Å². The van der Waals surface area contributed by atoms with E-state index in [1.165, 1.54) is 11.3 Å². The van der Waals surface area contributed by atoms with E-state index in [9.17, 15) is 0 Å². The van der Waals surface area contributed by atoms with Crippen LogP contribution in [-0.4, -0.2) is 18.1 Å². The van der Waals surface area contributed by atoms with E-state index in [2.05, 4.69) is 30.2 Å². The number of aromatic nitrogens is 1. The minimum Gasteiger partial charge on any atom is -0.492 e. The Morgan fingerprint density at radius 2 is 2.00 bits per heavy atom. The summed E-state index contributed by atoms with van der Waals surface area (Å²) in [6.45, 7) is 9.80. The summed E-state index contributed by atoms with van der Waals surface area (Å²) in [5, 5.41) is 4.56. The number of hydrogen-bond donors (Lipinski definition) is 1. The number of hydrogen-bond acceptors (Lipinski definition) is 3. The van der Waals surface area contributed by atoms with Crippen molar-refractivity contribution in [2.24, 2.45) is 0 Å². The van der Waals surface area contributed by atoms with Crippen LogP contribution in [0.2, 0.25) is 0 Å². The van der Waals surface area contributed by atoms with Gasteiger partial charge in [0, 0.05) is 23.3 Å². The zero-order valence-electron chi connectivity index (χ0n) is 11.5. The number of benzene rings is 1. The average molecular weight is 244 g/mol. The molecule has 0 unspecified atom stereocenters. The maximum atomic E-state index is 5.66. The van der Waals surface area contributed by atoms with Gasteiger partial charge in [0.2, 0.25) is 0 Å². The Bertz CT molecular complexity index is 564. The van der Waals surface area contributed by atoms with Crippen LogP contribution in [0.3, 0.4) is 0 Å². The molecule has 0 aliphatic rings. The molecule has 1 aromatic heterocycles. The number of nitrogens with one attached hydrogen (secondary N) is 1. The monoisotopic (exact) mass is 244 g/mol. The molecule has 3 heteroatoms. The quantitative estimate of drug-likeness (QED) is 0.890. The fraction of sp³-hybridized carbons (Fsp3) is 0.400. The van der Waals surface area contributed by atoms with E-state index in [1.807, 2.05) is 26.0 Å². The lowest BCUT2D eigenvalue weighted by Crippen LogP contribution is -2.04. The molecule has 0 aliphatic carbocycles. The number of fused-ring (bicyclic) bond motifs is 1. The number of anilines is 1. The molecule has 1 N–H and O–H groups in total. The van der Waals surface area contributed by atoms with Crippen molar-refractivity contribution < 1.29 is 4.74 Å². The van der Waals surface area contributed by atoms with Gasteiger partial charge in [-0.25, -0.2) is 4.98 Å². The summed E-state index contributed by atoms with van der Waals surface area (Å²) in [6, 6.07) is 6.09. The maximum absolute atomic E-state index is 5.66. The summed E-state index contributed by atoms with van der Waals surface area (Å²) in [6.07, 6.45) is 0. The molecule has 96 valence electrons. The molecule has 2 rings (SSSR count). The van der Waals surface area contributed by atoms with Crippen molar-refractivity contribution in [2.45, 2.75) is 27.7 Å². The molecule has 0 spiro atoms. The number of ether oxygens (including phenoxy) is 1. The Morgan fingerprint density at radius 1 is 1.22 bits per heavy atom. The van der Waals surface area contributed by atoms with Gasteiger partial charge in [-0.3, -0.25) is 0 Å². The molecule has 0 saturated carbocycles. The number of rotatable bonds is 4. The highest BCUT2D eigenvalue weighted by atomic mass is 16.5. The highest BCUT2D eigenvalue weighted by Crippen LogP contribution is 2.32. The van der Waals surface area contributed by atoms with Crippen molar-refractivity contribution in [1.29, 1.82) is 0 Å². The molecule has 0 aliphatic heterocycles. The summed E-state index contributed by atoms with van der Waals surface area (Å²) in [4.78, 5) is 4.67. The molecular weight excluding hydrogens is 224 g/mol. The first-order valence-corrected chi connectivity index (χ1v) is 6.45. The Labute approximate surface area is 108 Å². The highest BCUT2D eigenvalue weighted by Gasteiger charge is 2.11. The van der Waals surface area contributed by atoms with Gasteiger partial charge in [-0.2, -0.15) is 0 Å². The van der Waals surface area contributed by atoms with Gasteiger partial charge >= 0.3 is 0 Å². The van der Waals surface area contributed by atoms with Crippen LogP contribution in [0.1, 0.15) is 25.1 Å². The number of nitrogens with zero attached hydrogens (tertiary/aromatic N) is 1. The zero-order valence-corrected chi connectivity index (χ0v) is 11.5. The van der Waals surface area contributed by atoms with E-state index >= 15 is 0 Å². The van der Waals surface area contributed by atoms with Gasteiger partial charge in [-0.05, 0) is 39.3 Å². The van der Waals surface area contributed by atoms with E-state index in [1.54, 1.807) is 0 Å². The minimum atomic E-state index is 0.657.